The Morgan fingerprint density at radius 3 is 2.53 bits per heavy atom. The molecule has 0 saturated carbocycles. The quantitative estimate of drug-likeness (QED) is 0.913. The van der Waals surface area contributed by atoms with Gasteiger partial charge in [0.05, 0.1) is 4.90 Å². The molecule has 17 heavy (non-hydrogen) atoms. The first-order valence-corrected chi connectivity index (χ1v) is 7.50. The summed E-state index contributed by atoms with van der Waals surface area (Å²) in [5.74, 6) is -0.0678. The minimum Gasteiger partial charge on any atom is -0.326 e. The Kier molecular flexibility index (Phi) is 3.56. The Labute approximate surface area is 104 Å². The van der Waals surface area contributed by atoms with Crippen molar-refractivity contribution in [3.05, 3.63) is 46.4 Å². The Balaban J connectivity index is 2.24. The number of benzene rings is 1. The SMILES string of the molecule is NCc1cnc(CS(=O)(=O)c2ccccc2)s1. The summed E-state index contributed by atoms with van der Waals surface area (Å²) in [4.78, 5) is 5.27. The van der Waals surface area contributed by atoms with E-state index in [-0.39, 0.29) is 5.75 Å². The van der Waals surface area contributed by atoms with Crippen LogP contribution in [0.4, 0.5) is 0 Å². The van der Waals surface area contributed by atoms with E-state index in [2.05, 4.69) is 4.98 Å². The molecule has 0 unspecified atom stereocenters. The van der Waals surface area contributed by atoms with Gasteiger partial charge in [-0.1, -0.05) is 18.2 Å². The zero-order valence-corrected chi connectivity index (χ0v) is 10.7. The van der Waals surface area contributed by atoms with Gasteiger partial charge in [0.1, 0.15) is 10.8 Å². The van der Waals surface area contributed by atoms with Crippen LogP contribution in [-0.2, 0) is 22.1 Å². The number of nitrogens with two attached hydrogens (primary N) is 1. The maximum absolute atomic E-state index is 12.0. The Morgan fingerprint density at radius 1 is 1.24 bits per heavy atom. The molecule has 2 aromatic rings. The second-order valence-electron chi connectivity index (χ2n) is 3.50. The molecule has 0 aliphatic heterocycles. The van der Waals surface area contributed by atoms with Gasteiger partial charge in [-0.2, -0.15) is 0 Å². The lowest BCUT2D eigenvalue weighted by Gasteiger charge is -2.01. The van der Waals surface area contributed by atoms with Crippen molar-refractivity contribution in [3.8, 4) is 0 Å². The molecule has 0 saturated heterocycles. The molecule has 0 aliphatic rings. The molecule has 2 N–H and O–H groups in total. The van der Waals surface area contributed by atoms with Gasteiger partial charge < -0.3 is 5.73 Å². The first kappa shape index (κ1) is 12.2. The van der Waals surface area contributed by atoms with Crippen molar-refractivity contribution >= 4 is 21.2 Å². The Bertz CT molecular complexity index is 591. The number of hydrogen-bond acceptors (Lipinski definition) is 5. The Morgan fingerprint density at radius 2 is 1.94 bits per heavy atom. The van der Waals surface area contributed by atoms with E-state index in [0.29, 0.717) is 16.4 Å². The van der Waals surface area contributed by atoms with Crippen LogP contribution < -0.4 is 5.73 Å². The topological polar surface area (TPSA) is 73.0 Å². The first-order chi connectivity index (χ1) is 8.12. The Hall–Kier alpha value is -1.24. The lowest BCUT2D eigenvalue weighted by Crippen LogP contribution is -2.04. The molecule has 0 fully saturated rings. The molecule has 0 atom stereocenters. The molecule has 6 heteroatoms. The summed E-state index contributed by atoms with van der Waals surface area (Å²) < 4.78 is 24.1. The molecule has 4 nitrogen and oxygen atoms in total. The fraction of sp³-hybridized carbons (Fsp3) is 0.182. The normalized spacial score (nSPS) is 11.6. The third-order valence-corrected chi connectivity index (χ3v) is 5.06. The van der Waals surface area contributed by atoms with Crippen molar-refractivity contribution in [2.24, 2.45) is 5.73 Å². The number of hydrogen-bond donors (Lipinski definition) is 1. The van der Waals surface area contributed by atoms with Crippen LogP contribution in [0.2, 0.25) is 0 Å². The van der Waals surface area contributed by atoms with Crippen LogP contribution in [0.25, 0.3) is 0 Å². The number of thiazole rings is 1. The molecule has 0 amide bonds. The minimum absolute atomic E-state index is 0.0678. The lowest BCUT2D eigenvalue weighted by molar-refractivity contribution is 0.595. The molecule has 1 heterocycles. The fourth-order valence-corrected chi connectivity index (χ4v) is 3.82. The van der Waals surface area contributed by atoms with Gasteiger partial charge in [-0.3, -0.25) is 0 Å². The highest BCUT2D eigenvalue weighted by Crippen LogP contribution is 2.19. The van der Waals surface area contributed by atoms with Crippen LogP contribution in [0, 0.1) is 0 Å². The maximum atomic E-state index is 12.0. The largest absolute Gasteiger partial charge is 0.326 e. The van der Waals surface area contributed by atoms with Crippen LogP contribution in [-0.4, -0.2) is 13.4 Å². The summed E-state index contributed by atoms with van der Waals surface area (Å²) in [6.45, 7) is 0.392. The predicted octanol–water partition coefficient (Wildman–Crippen LogP) is 1.58. The van der Waals surface area contributed by atoms with Crippen LogP contribution in [0.15, 0.2) is 41.4 Å². The highest BCUT2D eigenvalue weighted by atomic mass is 32.2. The van der Waals surface area contributed by atoms with Gasteiger partial charge in [-0.15, -0.1) is 11.3 Å². The molecule has 90 valence electrons. The van der Waals surface area contributed by atoms with E-state index in [4.69, 9.17) is 5.73 Å². The second kappa shape index (κ2) is 4.95. The van der Waals surface area contributed by atoms with Crippen molar-refractivity contribution in [1.82, 2.24) is 4.98 Å². The average Bonchev–Trinajstić information content (AvgIpc) is 2.77. The summed E-state index contributed by atoms with van der Waals surface area (Å²) in [6, 6.07) is 8.38. The summed E-state index contributed by atoms with van der Waals surface area (Å²) >= 11 is 1.34. The average molecular weight is 268 g/mol. The molecule has 1 aromatic carbocycles. The molecule has 1 aromatic heterocycles. The molecule has 0 radical (unpaired) electrons. The third kappa shape index (κ3) is 2.91. The van der Waals surface area contributed by atoms with Crippen LogP contribution in [0.1, 0.15) is 9.88 Å². The molecule has 0 spiro atoms. The van der Waals surface area contributed by atoms with Gasteiger partial charge in [0.15, 0.2) is 9.84 Å². The van der Waals surface area contributed by atoms with E-state index in [0.717, 1.165) is 4.88 Å². The van der Waals surface area contributed by atoms with Crippen molar-refractivity contribution < 1.29 is 8.42 Å². The van der Waals surface area contributed by atoms with Crippen LogP contribution >= 0.6 is 11.3 Å². The van der Waals surface area contributed by atoms with Gasteiger partial charge in [0.2, 0.25) is 0 Å². The summed E-state index contributed by atoms with van der Waals surface area (Å²) in [6.07, 6.45) is 1.63. The van der Waals surface area contributed by atoms with Gasteiger partial charge in [-0.05, 0) is 12.1 Å². The van der Waals surface area contributed by atoms with Gasteiger partial charge in [0.25, 0.3) is 0 Å². The van der Waals surface area contributed by atoms with Gasteiger partial charge >= 0.3 is 0 Å². The third-order valence-electron chi connectivity index (χ3n) is 2.22. The van der Waals surface area contributed by atoms with Crippen LogP contribution in [0.5, 0.6) is 0 Å². The van der Waals surface area contributed by atoms with E-state index in [1.807, 2.05) is 0 Å². The fourth-order valence-electron chi connectivity index (χ4n) is 1.38. The zero-order valence-electron chi connectivity index (χ0n) is 9.04. The van der Waals surface area contributed by atoms with Crippen molar-refractivity contribution in [3.63, 3.8) is 0 Å². The lowest BCUT2D eigenvalue weighted by atomic mass is 10.4. The molecule has 0 bridgehead atoms. The molecule has 0 aliphatic carbocycles. The highest BCUT2D eigenvalue weighted by Gasteiger charge is 2.16. The number of nitrogens with zero attached hydrogens (tertiary/aromatic N) is 1. The van der Waals surface area contributed by atoms with E-state index < -0.39 is 9.84 Å². The first-order valence-electron chi connectivity index (χ1n) is 5.03. The minimum atomic E-state index is -3.30. The van der Waals surface area contributed by atoms with Gasteiger partial charge in [0, 0.05) is 17.6 Å². The van der Waals surface area contributed by atoms with E-state index >= 15 is 0 Å². The maximum Gasteiger partial charge on any atom is 0.184 e. The standard InChI is InChI=1S/C11H12N2O2S2/c12-6-9-7-13-11(16-9)8-17(14,15)10-4-2-1-3-5-10/h1-5,7H,6,8,12H2. The van der Waals surface area contributed by atoms with Crippen molar-refractivity contribution in [2.75, 3.05) is 0 Å². The van der Waals surface area contributed by atoms with E-state index in [1.54, 1.807) is 36.5 Å². The van der Waals surface area contributed by atoms with Crippen molar-refractivity contribution in [2.45, 2.75) is 17.2 Å². The summed E-state index contributed by atoms with van der Waals surface area (Å²) in [5, 5.41) is 0.578. The molecular weight excluding hydrogens is 256 g/mol. The van der Waals surface area contributed by atoms with E-state index in [1.165, 1.54) is 11.3 Å². The predicted molar refractivity (Wildman–Crippen MR) is 67.3 cm³/mol. The van der Waals surface area contributed by atoms with Crippen LogP contribution in [0.3, 0.4) is 0 Å². The summed E-state index contributed by atoms with van der Waals surface area (Å²) in [5.41, 5.74) is 5.46. The molecular formula is C11H12N2O2S2. The highest BCUT2D eigenvalue weighted by molar-refractivity contribution is 7.90. The number of rotatable bonds is 4. The monoisotopic (exact) mass is 268 g/mol. The van der Waals surface area contributed by atoms with Crippen molar-refractivity contribution in [1.29, 1.82) is 0 Å². The smallest absolute Gasteiger partial charge is 0.184 e. The molecule has 2 rings (SSSR count). The number of sulfone groups is 1. The summed E-state index contributed by atoms with van der Waals surface area (Å²) in [7, 11) is -3.30. The zero-order chi connectivity index (χ0) is 12.3. The second-order valence-corrected chi connectivity index (χ2v) is 6.69. The van der Waals surface area contributed by atoms with E-state index in [9.17, 15) is 8.42 Å². The van der Waals surface area contributed by atoms with Gasteiger partial charge in [-0.25, -0.2) is 13.4 Å². The number of aromatic nitrogens is 1.